The van der Waals surface area contributed by atoms with Crippen molar-refractivity contribution in [2.24, 2.45) is 16.7 Å². The van der Waals surface area contributed by atoms with Crippen LogP contribution in [0, 0.1) is 23.7 Å². The Hall–Kier alpha value is -2.74. The minimum absolute atomic E-state index is 0.203. The molecule has 41 heavy (non-hydrogen) atoms. The van der Waals surface area contributed by atoms with Gasteiger partial charge in [-0.15, -0.1) is 0 Å². The van der Waals surface area contributed by atoms with Crippen LogP contribution in [0.1, 0.15) is 109 Å². The number of imide groups is 1. The van der Waals surface area contributed by atoms with Crippen LogP contribution in [-0.2, 0) is 9.59 Å². The van der Waals surface area contributed by atoms with Gasteiger partial charge in [0, 0.05) is 12.0 Å². The third-order valence-corrected chi connectivity index (χ3v) is 10.3. The van der Waals surface area contributed by atoms with E-state index in [0.29, 0.717) is 45.5 Å². The second kappa shape index (κ2) is 10.8. The summed E-state index contributed by atoms with van der Waals surface area (Å²) in [5.74, 6) is 1.12. The molecule has 4 saturated carbocycles. The lowest BCUT2D eigenvalue weighted by atomic mass is 9.43. The van der Waals surface area contributed by atoms with Crippen LogP contribution in [-0.4, -0.2) is 40.1 Å². The molecule has 1 aliphatic heterocycles. The average Bonchev–Trinajstić information content (AvgIpc) is 2.86. The summed E-state index contributed by atoms with van der Waals surface area (Å²) in [6, 6.07) is 4.70. The Labute approximate surface area is 243 Å². The zero-order chi connectivity index (χ0) is 28.8. The quantitative estimate of drug-likeness (QED) is 0.283. The summed E-state index contributed by atoms with van der Waals surface area (Å²) in [5, 5.41) is 6.79. The zero-order valence-corrected chi connectivity index (χ0v) is 25.0. The molecular weight excluding hydrogens is 516 g/mol. The molecule has 2 unspecified atom stereocenters. The second-order valence-corrected chi connectivity index (χ2v) is 14.4. The van der Waals surface area contributed by atoms with E-state index in [0.717, 1.165) is 25.3 Å². The van der Waals surface area contributed by atoms with Crippen molar-refractivity contribution in [1.82, 2.24) is 20.2 Å². The molecule has 1 saturated heterocycles. The normalized spacial score (nSPS) is 32.5. The van der Waals surface area contributed by atoms with Gasteiger partial charge in [0.15, 0.2) is 0 Å². The van der Waals surface area contributed by atoms with Gasteiger partial charge in [0.25, 0.3) is 5.56 Å². The van der Waals surface area contributed by atoms with E-state index in [1.807, 2.05) is 6.07 Å². The fourth-order valence-corrected chi connectivity index (χ4v) is 9.68. The van der Waals surface area contributed by atoms with Crippen molar-refractivity contribution < 1.29 is 14.3 Å². The molecule has 5 fully saturated rings. The number of rotatable bonds is 11. The SMILES string of the molecule is Cc1nc2cccc(OCCCCCCCNC34CC5CC(C)(CC(C)(C5)C3)C4)c2c(=O)n1[C@H]1CCC(=O)NC1=O. The second-order valence-electron chi connectivity index (χ2n) is 14.4. The van der Waals surface area contributed by atoms with Crippen LogP contribution in [0.15, 0.2) is 23.0 Å². The molecule has 8 nitrogen and oxygen atoms in total. The molecule has 2 heterocycles. The predicted molar refractivity (Wildman–Crippen MR) is 159 cm³/mol. The number of aromatic nitrogens is 2. The summed E-state index contributed by atoms with van der Waals surface area (Å²) in [4.78, 5) is 42.2. The standard InChI is InChI=1S/C33H46N4O4/c1-22-35-24-10-9-11-26(28(24)30(40)37(22)25-12-13-27(38)36-29(25)39)41-15-8-6-4-5-7-14-34-33-18-23-16-31(2,20-33)19-32(3,17-23)21-33/h9-11,23,25,34H,4-8,12-21H2,1-3H3,(H,36,38,39)/t23?,25-,31?,32?,33?/m0/s1. The topological polar surface area (TPSA) is 102 Å². The Morgan fingerprint density at radius 1 is 1.00 bits per heavy atom. The van der Waals surface area contributed by atoms with E-state index in [1.165, 1.54) is 62.4 Å². The molecule has 222 valence electrons. The Morgan fingerprint density at radius 3 is 2.46 bits per heavy atom. The summed E-state index contributed by atoms with van der Waals surface area (Å²) in [6.45, 7) is 8.45. The van der Waals surface area contributed by atoms with Gasteiger partial charge in [-0.05, 0) is 100 Å². The van der Waals surface area contributed by atoms with Gasteiger partial charge in [0.05, 0.1) is 12.1 Å². The molecule has 4 bridgehead atoms. The molecule has 1 aromatic carbocycles. The average molecular weight is 563 g/mol. The molecule has 2 N–H and O–H groups in total. The third kappa shape index (κ3) is 5.69. The van der Waals surface area contributed by atoms with Gasteiger partial charge in [-0.3, -0.25) is 24.3 Å². The Bertz CT molecular complexity index is 1380. The van der Waals surface area contributed by atoms with Crippen molar-refractivity contribution in [2.75, 3.05) is 13.2 Å². The maximum Gasteiger partial charge on any atom is 0.265 e. The van der Waals surface area contributed by atoms with Crippen LogP contribution < -0.4 is 20.9 Å². The number of ether oxygens (including phenoxy) is 1. The van der Waals surface area contributed by atoms with Gasteiger partial charge in [-0.2, -0.15) is 0 Å². The van der Waals surface area contributed by atoms with Crippen molar-refractivity contribution in [1.29, 1.82) is 0 Å². The van der Waals surface area contributed by atoms with Crippen molar-refractivity contribution in [3.05, 3.63) is 34.4 Å². The summed E-state index contributed by atoms with van der Waals surface area (Å²) in [5.41, 5.74) is 1.76. The van der Waals surface area contributed by atoms with Gasteiger partial charge in [0.2, 0.25) is 11.8 Å². The van der Waals surface area contributed by atoms with Crippen LogP contribution in [0.5, 0.6) is 5.75 Å². The molecule has 3 atom stereocenters. The van der Waals surface area contributed by atoms with Gasteiger partial charge < -0.3 is 10.1 Å². The maximum atomic E-state index is 13.5. The molecule has 7 rings (SSSR count). The van der Waals surface area contributed by atoms with Gasteiger partial charge in [-0.25, -0.2) is 4.98 Å². The number of nitrogens with zero attached hydrogens (tertiary/aromatic N) is 2. The first-order chi connectivity index (χ1) is 19.6. The first-order valence-corrected chi connectivity index (χ1v) is 15.8. The molecule has 5 aliphatic rings. The highest BCUT2D eigenvalue weighted by Crippen LogP contribution is 2.66. The summed E-state index contributed by atoms with van der Waals surface area (Å²) >= 11 is 0. The summed E-state index contributed by atoms with van der Waals surface area (Å²) in [6.07, 6.45) is 14.5. The largest absolute Gasteiger partial charge is 0.493 e. The Balaban J connectivity index is 0.974. The fourth-order valence-electron chi connectivity index (χ4n) is 9.68. The van der Waals surface area contributed by atoms with E-state index in [9.17, 15) is 14.4 Å². The van der Waals surface area contributed by atoms with Crippen LogP contribution in [0.4, 0.5) is 0 Å². The minimum atomic E-state index is -0.742. The molecule has 0 spiro atoms. The van der Waals surface area contributed by atoms with Crippen LogP contribution in [0.25, 0.3) is 10.9 Å². The molecular formula is C33H46N4O4. The molecule has 2 amide bonds. The smallest absolute Gasteiger partial charge is 0.265 e. The Morgan fingerprint density at radius 2 is 1.73 bits per heavy atom. The number of hydrogen-bond acceptors (Lipinski definition) is 6. The third-order valence-electron chi connectivity index (χ3n) is 10.3. The minimum Gasteiger partial charge on any atom is -0.493 e. The lowest BCUT2D eigenvalue weighted by Crippen LogP contribution is -2.64. The lowest BCUT2D eigenvalue weighted by molar-refractivity contribution is -0.135. The van der Waals surface area contributed by atoms with E-state index in [4.69, 9.17) is 4.74 Å². The number of hydrogen-bond donors (Lipinski definition) is 2. The maximum absolute atomic E-state index is 13.5. The number of amides is 2. The number of carbonyl (C=O) groups is 2. The molecule has 2 aromatic rings. The van der Waals surface area contributed by atoms with Crippen LogP contribution in [0.2, 0.25) is 0 Å². The van der Waals surface area contributed by atoms with E-state index < -0.39 is 11.9 Å². The molecule has 1 aromatic heterocycles. The van der Waals surface area contributed by atoms with Gasteiger partial charge in [0.1, 0.15) is 23.0 Å². The van der Waals surface area contributed by atoms with Gasteiger partial charge >= 0.3 is 0 Å². The van der Waals surface area contributed by atoms with E-state index in [-0.39, 0.29) is 24.3 Å². The van der Waals surface area contributed by atoms with Crippen molar-refractivity contribution >= 4 is 22.7 Å². The highest BCUT2D eigenvalue weighted by Gasteiger charge is 2.59. The number of fused-ring (bicyclic) bond motifs is 1. The number of unbranched alkanes of at least 4 members (excludes halogenated alkanes) is 4. The van der Waals surface area contributed by atoms with E-state index in [2.05, 4.69) is 29.5 Å². The highest BCUT2D eigenvalue weighted by atomic mass is 16.5. The lowest BCUT2D eigenvalue weighted by Gasteiger charge is -2.65. The fraction of sp³-hybridized carbons (Fsp3) is 0.697. The van der Waals surface area contributed by atoms with Crippen molar-refractivity contribution in [3.8, 4) is 5.75 Å². The van der Waals surface area contributed by atoms with Crippen LogP contribution in [0.3, 0.4) is 0 Å². The Kier molecular flexibility index (Phi) is 7.50. The number of carbonyl (C=O) groups excluding carboxylic acids is 2. The number of nitrogens with one attached hydrogen (secondary N) is 2. The van der Waals surface area contributed by atoms with E-state index >= 15 is 0 Å². The molecule has 8 heteroatoms. The monoisotopic (exact) mass is 562 g/mol. The predicted octanol–water partition coefficient (Wildman–Crippen LogP) is 5.35. The summed E-state index contributed by atoms with van der Waals surface area (Å²) in [7, 11) is 0. The first kappa shape index (κ1) is 28.4. The molecule has 4 aliphatic carbocycles. The van der Waals surface area contributed by atoms with Crippen molar-refractivity contribution in [2.45, 2.75) is 116 Å². The van der Waals surface area contributed by atoms with E-state index in [1.54, 1.807) is 19.1 Å². The number of piperidine rings is 1. The highest BCUT2D eigenvalue weighted by molar-refractivity contribution is 5.99. The molecule has 0 radical (unpaired) electrons. The number of aryl methyl sites for hydroxylation is 1. The summed E-state index contributed by atoms with van der Waals surface area (Å²) < 4.78 is 7.50. The number of benzene rings is 1. The van der Waals surface area contributed by atoms with Crippen LogP contribution >= 0.6 is 0 Å². The van der Waals surface area contributed by atoms with Crippen molar-refractivity contribution in [3.63, 3.8) is 0 Å². The van der Waals surface area contributed by atoms with Gasteiger partial charge in [-0.1, -0.05) is 39.2 Å². The zero-order valence-electron chi connectivity index (χ0n) is 25.0. The first-order valence-electron chi connectivity index (χ1n) is 15.8.